The molecule has 0 amide bonds. The second kappa shape index (κ2) is 7.42. The van der Waals surface area contributed by atoms with E-state index in [1.165, 1.54) is 12.1 Å². The first-order valence-electron chi connectivity index (χ1n) is 6.06. The van der Waals surface area contributed by atoms with Crippen LogP contribution >= 0.6 is 22.6 Å². The first-order chi connectivity index (χ1) is 8.95. The van der Waals surface area contributed by atoms with E-state index in [2.05, 4.69) is 6.92 Å². The van der Waals surface area contributed by atoms with Gasteiger partial charge in [-0.25, -0.2) is 4.79 Å². The molecule has 104 valence electrons. The summed E-state index contributed by atoms with van der Waals surface area (Å²) in [5.41, 5.74) is 0.146. The zero-order chi connectivity index (χ0) is 14.4. The van der Waals surface area contributed by atoms with Crippen LogP contribution < -0.4 is 0 Å². The van der Waals surface area contributed by atoms with E-state index in [0.717, 1.165) is 12.8 Å². The first-order valence-corrected chi connectivity index (χ1v) is 7.14. The normalized spacial score (nSPS) is 11.9. The van der Waals surface area contributed by atoms with Crippen molar-refractivity contribution in [3.05, 3.63) is 37.4 Å². The zero-order valence-electron chi connectivity index (χ0n) is 10.9. The van der Waals surface area contributed by atoms with Crippen molar-refractivity contribution in [1.29, 1.82) is 0 Å². The Hall–Kier alpha value is -1.18. The number of nitro benzene ring substituents is 1. The lowest BCUT2D eigenvalue weighted by molar-refractivity contribution is -0.384. The number of nitro groups is 1. The SMILES string of the molecule is CCCC(C)COC(=O)c1cc([N+](=O)[O-])ccc1I. The standard InChI is InChI=1S/C13H16INO4/c1-3-4-9(2)8-19-13(16)11-7-10(15(17)18)5-6-12(11)14/h5-7,9H,3-4,8H2,1-2H3. The molecule has 0 saturated heterocycles. The van der Waals surface area contributed by atoms with Gasteiger partial charge in [0.25, 0.3) is 5.69 Å². The minimum atomic E-state index is -0.521. The second-order valence-corrected chi connectivity index (χ2v) is 5.58. The lowest BCUT2D eigenvalue weighted by atomic mass is 10.1. The average molecular weight is 377 g/mol. The number of benzene rings is 1. The van der Waals surface area contributed by atoms with Crippen molar-refractivity contribution >= 4 is 34.2 Å². The maximum absolute atomic E-state index is 11.9. The van der Waals surface area contributed by atoms with E-state index in [9.17, 15) is 14.9 Å². The highest BCUT2D eigenvalue weighted by Crippen LogP contribution is 2.20. The number of nitrogens with zero attached hydrogens (tertiary/aromatic N) is 1. The summed E-state index contributed by atoms with van der Waals surface area (Å²) in [5, 5.41) is 10.7. The van der Waals surface area contributed by atoms with Crippen molar-refractivity contribution in [2.24, 2.45) is 5.92 Å². The number of hydrogen-bond acceptors (Lipinski definition) is 4. The van der Waals surface area contributed by atoms with Crippen molar-refractivity contribution < 1.29 is 14.5 Å². The first kappa shape index (κ1) is 15.9. The van der Waals surface area contributed by atoms with Crippen LogP contribution in [0.15, 0.2) is 18.2 Å². The number of esters is 1. The van der Waals surface area contributed by atoms with Gasteiger partial charge < -0.3 is 4.74 Å². The molecule has 1 rings (SSSR count). The lowest BCUT2D eigenvalue weighted by Crippen LogP contribution is -2.13. The minimum Gasteiger partial charge on any atom is -0.462 e. The highest BCUT2D eigenvalue weighted by Gasteiger charge is 2.17. The summed E-state index contributed by atoms with van der Waals surface area (Å²) < 4.78 is 5.84. The van der Waals surface area contributed by atoms with Crippen molar-refractivity contribution in [3.63, 3.8) is 0 Å². The Labute approximate surface area is 125 Å². The summed E-state index contributed by atoms with van der Waals surface area (Å²) in [4.78, 5) is 22.1. The minimum absolute atomic E-state index is 0.103. The third-order valence-corrected chi connectivity index (χ3v) is 3.60. The fourth-order valence-electron chi connectivity index (χ4n) is 1.66. The summed E-state index contributed by atoms with van der Waals surface area (Å²) in [6, 6.07) is 4.18. The number of halogens is 1. The third-order valence-electron chi connectivity index (χ3n) is 2.66. The van der Waals surface area contributed by atoms with Crippen molar-refractivity contribution in [2.75, 3.05) is 6.61 Å². The van der Waals surface area contributed by atoms with Crippen LogP contribution in [0.25, 0.3) is 0 Å². The summed E-state index contributed by atoms with van der Waals surface area (Å²) in [6.07, 6.45) is 2.02. The molecule has 1 aromatic carbocycles. The Morgan fingerprint density at radius 2 is 2.21 bits per heavy atom. The molecule has 5 nitrogen and oxygen atoms in total. The summed E-state index contributed by atoms with van der Waals surface area (Å²) in [7, 11) is 0. The molecule has 1 aromatic rings. The molecule has 0 aliphatic rings. The number of rotatable bonds is 6. The van der Waals surface area contributed by atoms with E-state index in [-0.39, 0.29) is 11.3 Å². The van der Waals surface area contributed by atoms with Crippen LogP contribution in [0.4, 0.5) is 5.69 Å². The van der Waals surface area contributed by atoms with Crippen LogP contribution in [0, 0.1) is 19.6 Å². The molecule has 6 heteroatoms. The fraction of sp³-hybridized carbons (Fsp3) is 0.462. The Kier molecular flexibility index (Phi) is 6.20. The van der Waals surface area contributed by atoms with Crippen LogP contribution in [-0.4, -0.2) is 17.5 Å². The van der Waals surface area contributed by atoms with Crippen LogP contribution in [0.1, 0.15) is 37.0 Å². The molecule has 0 bridgehead atoms. The van der Waals surface area contributed by atoms with Gasteiger partial charge in [0.05, 0.1) is 17.1 Å². The Bertz CT molecular complexity index is 476. The summed E-state index contributed by atoms with van der Waals surface area (Å²) in [6.45, 7) is 4.42. The van der Waals surface area contributed by atoms with E-state index < -0.39 is 10.9 Å². The molecule has 0 aromatic heterocycles. The second-order valence-electron chi connectivity index (χ2n) is 4.41. The topological polar surface area (TPSA) is 69.4 Å². The number of hydrogen-bond donors (Lipinski definition) is 0. The molecular formula is C13H16INO4. The van der Waals surface area contributed by atoms with Crippen LogP contribution in [-0.2, 0) is 4.74 Å². The molecule has 0 N–H and O–H groups in total. The van der Waals surface area contributed by atoms with Gasteiger partial charge in [-0.3, -0.25) is 10.1 Å². The lowest BCUT2D eigenvalue weighted by Gasteiger charge is -2.11. The van der Waals surface area contributed by atoms with Gasteiger partial charge >= 0.3 is 5.97 Å². The molecule has 1 atom stereocenters. The highest BCUT2D eigenvalue weighted by molar-refractivity contribution is 14.1. The fourth-order valence-corrected chi connectivity index (χ4v) is 2.21. The molecule has 0 spiro atoms. The number of ether oxygens (including phenoxy) is 1. The van der Waals surface area contributed by atoms with Gasteiger partial charge in [0.15, 0.2) is 0 Å². The van der Waals surface area contributed by atoms with Crippen molar-refractivity contribution in [1.82, 2.24) is 0 Å². The van der Waals surface area contributed by atoms with Gasteiger partial charge in [0.1, 0.15) is 0 Å². The van der Waals surface area contributed by atoms with Crippen LogP contribution in [0.5, 0.6) is 0 Å². The van der Waals surface area contributed by atoms with Gasteiger partial charge in [-0.05, 0) is 41.0 Å². The molecule has 0 aliphatic heterocycles. The molecular weight excluding hydrogens is 361 g/mol. The molecule has 0 saturated carbocycles. The predicted octanol–water partition coefficient (Wildman–Crippen LogP) is 3.79. The Morgan fingerprint density at radius 1 is 1.53 bits per heavy atom. The highest BCUT2D eigenvalue weighted by atomic mass is 127. The van der Waals surface area contributed by atoms with Crippen molar-refractivity contribution in [3.8, 4) is 0 Å². The molecule has 0 heterocycles. The van der Waals surface area contributed by atoms with Gasteiger partial charge in [-0.1, -0.05) is 20.3 Å². The summed E-state index contributed by atoms with van der Waals surface area (Å²) >= 11 is 1.97. The van der Waals surface area contributed by atoms with Crippen molar-refractivity contribution in [2.45, 2.75) is 26.7 Å². The smallest absolute Gasteiger partial charge is 0.339 e. The predicted molar refractivity (Wildman–Crippen MR) is 80.2 cm³/mol. The number of carbonyl (C=O) groups excluding carboxylic acids is 1. The molecule has 1 unspecified atom stereocenters. The van der Waals surface area contributed by atoms with E-state index in [4.69, 9.17) is 4.74 Å². The van der Waals surface area contributed by atoms with E-state index >= 15 is 0 Å². The molecule has 19 heavy (non-hydrogen) atoms. The Balaban J connectivity index is 2.76. The Morgan fingerprint density at radius 3 is 2.79 bits per heavy atom. The third kappa shape index (κ3) is 4.77. The monoisotopic (exact) mass is 377 g/mol. The van der Waals surface area contributed by atoms with Crippen LogP contribution in [0.3, 0.4) is 0 Å². The largest absolute Gasteiger partial charge is 0.462 e. The van der Waals surface area contributed by atoms with Gasteiger partial charge in [-0.2, -0.15) is 0 Å². The van der Waals surface area contributed by atoms with Gasteiger partial charge in [0, 0.05) is 15.7 Å². The molecule has 0 fully saturated rings. The molecule has 0 aliphatic carbocycles. The summed E-state index contributed by atoms with van der Waals surface area (Å²) in [5.74, 6) is -0.207. The van der Waals surface area contributed by atoms with Crippen LogP contribution in [0.2, 0.25) is 0 Å². The quantitative estimate of drug-likeness (QED) is 0.327. The average Bonchev–Trinajstić information content (AvgIpc) is 2.36. The van der Waals surface area contributed by atoms with Gasteiger partial charge in [0.2, 0.25) is 0 Å². The van der Waals surface area contributed by atoms with E-state index in [1.54, 1.807) is 6.07 Å². The van der Waals surface area contributed by atoms with E-state index in [0.29, 0.717) is 16.1 Å². The zero-order valence-corrected chi connectivity index (χ0v) is 13.0. The number of non-ortho nitro benzene ring substituents is 1. The van der Waals surface area contributed by atoms with Gasteiger partial charge in [-0.15, -0.1) is 0 Å². The molecule has 0 radical (unpaired) electrons. The number of carbonyl (C=O) groups is 1. The van der Waals surface area contributed by atoms with E-state index in [1.807, 2.05) is 29.5 Å². The maximum atomic E-state index is 11.9. The maximum Gasteiger partial charge on any atom is 0.339 e.